The molecular weight excluding hydrogens is 600 g/mol. The first-order valence-corrected chi connectivity index (χ1v) is 17.4. The number of nitrogens with one attached hydrogen (secondary N) is 1. The van der Waals surface area contributed by atoms with Crippen molar-refractivity contribution >= 4 is 10.0 Å². The van der Waals surface area contributed by atoms with Crippen LogP contribution in [0.4, 0.5) is 0 Å². The second-order valence-electron chi connectivity index (χ2n) is 12.2. The Morgan fingerprint density at radius 1 is 0.848 bits per heavy atom. The molecule has 0 unspecified atom stereocenters. The van der Waals surface area contributed by atoms with E-state index in [0.29, 0.717) is 6.54 Å². The second-order valence-corrected chi connectivity index (χ2v) is 14.0. The Hall–Kier alpha value is -3.41. The monoisotopic (exact) mass is 642 g/mol. The molecule has 2 aliphatic heterocycles. The first-order valence-electron chi connectivity index (χ1n) is 15.9. The maximum absolute atomic E-state index is 12.9. The van der Waals surface area contributed by atoms with Crippen LogP contribution in [0.3, 0.4) is 0 Å². The molecule has 46 heavy (non-hydrogen) atoms. The predicted molar refractivity (Wildman–Crippen MR) is 177 cm³/mol. The molecule has 4 aromatic carbocycles. The molecule has 242 valence electrons. The Labute approximate surface area is 271 Å². The van der Waals surface area contributed by atoms with Gasteiger partial charge >= 0.3 is 0 Å². The first kappa shape index (κ1) is 32.5. The lowest BCUT2D eigenvalue weighted by molar-refractivity contribution is -0.276. The van der Waals surface area contributed by atoms with Crippen molar-refractivity contribution in [2.24, 2.45) is 5.92 Å². The summed E-state index contributed by atoms with van der Waals surface area (Å²) in [5.74, 6) is 0.0574. The fraction of sp³-hybridized carbons (Fsp3) is 0.351. The number of benzene rings is 4. The highest BCUT2D eigenvalue weighted by atomic mass is 32.2. The van der Waals surface area contributed by atoms with Crippen molar-refractivity contribution in [1.82, 2.24) is 9.62 Å². The van der Waals surface area contributed by atoms with Crippen LogP contribution in [0.2, 0.25) is 0 Å². The molecule has 2 fully saturated rings. The molecular formula is C37H42N2O6S. The van der Waals surface area contributed by atoms with Crippen molar-refractivity contribution in [2.45, 2.75) is 62.4 Å². The number of hydrogen-bond donors (Lipinski definition) is 3. The lowest BCUT2D eigenvalue weighted by atomic mass is 9.89. The minimum atomic E-state index is -3.65. The van der Waals surface area contributed by atoms with E-state index in [1.807, 2.05) is 72.8 Å². The molecule has 0 aromatic heterocycles. The van der Waals surface area contributed by atoms with Gasteiger partial charge in [-0.05, 0) is 59.3 Å². The van der Waals surface area contributed by atoms with Crippen molar-refractivity contribution in [1.29, 1.82) is 0 Å². The Balaban J connectivity index is 1.23. The quantitative estimate of drug-likeness (QED) is 0.196. The van der Waals surface area contributed by atoms with Crippen LogP contribution in [-0.4, -0.2) is 55.4 Å². The van der Waals surface area contributed by atoms with E-state index < -0.39 is 16.3 Å². The second kappa shape index (κ2) is 14.6. The zero-order chi connectivity index (χ0) is 32.1. The Bertz CT molecular complexity index is 1680. The molecule has 2 aliphatic rings. The fourth-order valence-electron chi connectivity index (χ4n) is 6.53. The summed E-state index contributed by atoms with van der Waals surface area (Å²) < 4.78 is 41.8. The minimum absolute atomic E-state index is 0.0123. The van der Waals surface area contributed by atoms with E-state index in [1.165, 1.54) is 0 Å². The standard InChI is InChI=1S/C37H42N2O6S/c1-26-35(23-39-21-7-9-32(39)25-41)44-37(45-36(26)29-15-13-27(24-40)14-16-29)30-19-17-28(18-20-30)34-12-6-5-8-31(34)22-38-46(42,43)33-10-3-2-4-11-33/h2-6,8,10-20,26,32,35-38,40-41H,7,9,21-25H2,1H3/t26-,32-,35+,36+,37+/m0/s1. The molecule has 2 heterocycles. The van der Waals surface area contributed by atoms with Gasteiger partial charge in [0, 0.05) is 30.6 Å². The van der Waals surface area contributed by atoms with Gasteiger partial charge < -0.3 is 19.7 Å². The molecule has 4 aromatic rings. The number of aliphatic hydroxyl groups excluding tert-OH is 2. The van der Waals surface area contributed by atoms with Gasteiger partial charge in [-0.15, -0.1) is 0 Å². The van der Waals surface area contributed by atoms with Crippen molar-refractivity contribution in [2.75, 3.05) is 19.7 Å². The summed E-state index contributed by atoms with van der Waals surface area (Å²) in [5.41, 5.74) is 5.53. The smallest absolute Gasteiger partial charge is 0.240 e. The fourth-order valence-corrected chi connectivity index (χ4v) is 7.56. The summed E-state index contributed by atoms with van der Waals surface area (Å²) in [5, 5.41) is 19.5. The number of ether oxygens (including phenoxy) is 2. The third-order valence-electron chi connectivity index (χ3n) is 9.27. The summed E-state index contributed by atoms with van der Waals surface area (Å²) >= 11 is 0. The highest BCUT2D eigenvalue weighted by Crippen LogP contribution is 2.42. The molecule has 9 heteroatoms. The summed E-state index contributed by atoms with van der Waals surface area (Å²) in [6, 6.07) is 32.3. The normalized spacial score (nSPS) is 23.8. The molecule has 8 nitrogen and oxygen atoms in total. The molecule has 0 spiro atoms. The van der Waals surface area contributed by atoms with E-state index in [-0.39, 0.29) is 48.8 Å². The van der Waals surface area contributed by atoms with Crippen molar-refractivity contribution < 1.29 is 28.1 Å². The minimum Gasteiger partial charge on any atom is -0.395 e. The van der Waals surface area contributed by atoms with Gasteiger partial charge in [0.15, 0.2) is 6.29 Å². The molecule has 3 N–H and O–H groups in total. The maximum atomic E-state index is 12.9. The third kappa shape index (κ3) is 7.26. The van der Waals surface area contributed by atoms with Gasteiger partial charge in [-0.3, -0.25) is 4.90 Å². The van der Waals surface area contributed by atoms with E-state index in [9.17, 15) is 18.6 Å². The number of likely N-dealkylation sites (tertiary alicyclic amines) is 1. The molecule has 2 saturated heterocycles. The van der Waals surface area contributed by atoms with Gasteiger partial charge in [-0.25, -0.2) is 13.1 Å². The van der Waals surface area contributed by atoms with E-state index in [0.717, 1.165) is 52.8 Å². The average Bonchev–Trinajstić information content (AvgIpc) is 3.56. The van der Waals surface area contributed by atoms with E-state index in [1.54, 1.807) is 30.3 Å². The number of hydrogen-bond acceptors (Lipinski definition) is 7. The van der Waals surface area contributed by atoms with Gasteiger partial charge in [0.25, 0.3) is 0 Å². The first-order chi connectivity index (χ1) is 22.4. The molecule has 0 aliphatic carbocycles. The van der Waals surface area contributed by atoms with Crippen LogP contribution in [0.25, 0.3) is 11.1 Å². The molecule has 0 amide bonds. The van der Waals surface area contributed by atoms with Crippen molar-refractivity contribution in [3.63, 3.8) is 0 Å². The van der Waals surface area contributed by atoms with Crippen LogP contribution in [-0.2, 0) is 32.6 Å². The number of aliphatic hydroxyl groups is 2. The summed E-state index contributed by atoms with van der Waals surface area (Å²) in [6.45, 7) is 4.09. The summed E-state index contributed by atoms with van der Waals surface area (Å²) in [6.07, 6.45) is 1.12. The predicted octanol–water partition coefficient (Wildman–Crippen LogP) is 5.57. The van der Waals surface area contributed by atoms with E-state index in [4.69, 9.17) is 9.47 Å². The van der Waals surface area contributed by atoms with Crippen LogP contribution in [0, 0.1) is 5.92 Å². The molecule has 5 atom stereocenters. The summed E-state index contributed by atoms with van der Waals surface area (Å²) in [4.78, 5) is 2.57. The van der Waals surface area contributed by atoms with Gasteiger partial charge in [0.05, 0.1) is 30.3 Å². The Morgan fingerprint density at radius 3 is 2.26 bits per heavy atom. The van der Waals surface area contributed by atoms with Crippen LogP contribution in [0.1, 0.15) is 54.4 Å². The van der Waals surface area contributed by atoms with Gasteiger partial charge in [0.1, 0.15) is 0 Å². The van der Waals surface area contributed by atoms with Crippen LogP contribution >= 0.6 is 0 Å². The molecule has 0 saturated carbocycles. The van der Waals surface area contributed by atoms with E-state index in [2.05, 4.69) is 16.5 Å². The molecule has 0 bridgehead atoms. The molecule has 6 rings (SSSR count). The van der Waals surface area contributed by atoms with Gasteiger partial charge in [-0.2, -0.15) is 0 Å². The van der Waals surface area contributed by atoms with Crippen molar-refractivity contribution in [3.8, 4) is 11.1 Å². The average molecular weight is 643 g/mol. The zero-order valence-corrected chi connectivity index (χ0v) is 26.9. The van der Waals surface area contributed by atoms with Gasteiger partial charge in [-0.1, -0.05) is 97.9 Å². The Kier molecular flexibility index (Phi) is 10.3. The Morgan fingerprint density at radius 2 is 1.54 bits per heavy atom. The number of nitrogens with zero attached hydrogens (tertiary/aromatic N) is 1. The number of rotatable bonds is 11. The largest absolute Gasteiger partial charge is 0.395 e. The lowest BCUT2D eigenvalue weighted by Crippen LogP contribution is -2.46. The van der Waals surface area contributed by atoms with Crippen molar-refractivity contribution in [3.05, 3.63) is 125 Å². The maximum Gasteiger partial charge on any atom is 0.240 e. The lowest BCUT2D eigenvalue weighted by Gasteiger charge is -2.43. The molecule has 0 radical (unpaired) electrons. The van der Waals surface area contributed by atoms with Gasteiger partial charge in [0.2, 0.25) is 10.0 Å². The van der Waals surface area contributed by atoms with Crippen LogP contribution < -0.4 is 4.72 Å². The topological polar surface area (TPSA) is 108 Å². The third-order valence-corrected chi connectivity index (χ3v) is 10.7. The highest BCUT2D eigenvalue weighted by Gasteiger charge is 2.40. The summed E-state index contributed by atoms with van der Waals surface area (Å²) in [7, 11) is -3.65. The van der Waals surface area contributed by atoms with Crippen LogP contribution in [0.15, 0.2) is 108 Å². The van der Waals surface area contributed by atoms with E-state index >= 15 is 0 Å². The highest BCUT2D eigenvalue weighted by molar-refractivity contribution is 7.89. The zero-order valence-electron chi connectivity index (χ0n) is 26.0. The SMILES string of the molecule is C[C@H]1[C@@H](CN2CCC[C@H]2CO)O[C@@H](c2ccc(-c3ccccc3CNS(=O)(=O)c3ccccc3)cc2)O[C@H]1c1ccc(CO)cc1. The number of sulfonamides is 1. The van der Waals surface area contributed by atoms with Crippen LogP contribution in [0.5, 0.6) is 0 Å².